The quantitative estimate of drug-likeness (QED) is 0.816. The predicted octanol–water partition coefficient (Wildman–Crippen LogP) is 3.59. The van der Waals surface area contributed by atoms with Gasteiger partial charge in [-0.2, -0.15) is 4.98 Å². The van der Waals surface area contributed by atoms with E-state index >= 15 is 0 Å². The highest BCUT2D eigenvalue weighted by molar-refractivity contribution is 5.86. The molecule has 0 saturated carbocycles. The number of carbonyl (C=O) groups is 1. The fourth-order valence-corrected chi connectivity index (χ4v) is 0.826. The first kappa shape index (κ1) is 15.7. The predicted molar refractivity (Wildman–Crippen MR) is 70.0 cm³/mol. The fourth-order valence-electron chi connectivity index (χ4n) is 0.826. The van der Waals surface area contributed by atoms with Gasteiger partial charge in [-0.1, -0.05) is 41.5 Å². The Hall–Kier alpha value is -1.32. The van der Waals surface area contributed by atoms with Crippen LogP contribution >= 0.6 is 0 Å². The molecule has 1 aromatic rings. The summed E-state index contributed by atoms with van der Waals surface area (Å²) in [4.78, 5) is 14.8. The Morgan fingerprint density at radius 1 is 1.35 bits per heavy atom. The number of hydrogen-bond acceptors (Lipinski definition) is 3. The Balaban J connectivity index is 0.000000557. The van der Waals surface area contributed by atoms with Gasteiger partial charge in [-0.3, -0.25) is 10.1 Å². The maximum atomic E-state index is 10.7. The molecule has 98 valence electrons. The standard InChI is InChI=1S/C9H14N2O2.C4H10/c1-6(12)10-8-11-7(5-13-8)9(2,3)4;1-4(2)3/h5H,1-4H3,(H,10,11,12);4H,1-3H3. The Bertz CT molecular complexity index is 346. The molecule has 17 heavy (non-hydrogen) atoms. The summed E-state index contributed by atoms with van der Waals surface area (Å²) in [7, 11) is 0. The minimum Gasteiger partial charge on any atom is -0.432 e. The zero-order valence-corrected chi connectivity index (χ0v) is 11.9. The number of aromatic nitrogens is 1. The van der Waals surface area contributed by atoms with Crippen LogP contribution in [0.4, 0.5) is 6.01 Å². The second kappa shape index (κ2) is 6.42. The van der Waals surface area contributed by atoms with E-state index in [1.807, 2.05) is 20.8 Å². The third-order valence-electron chi connectivity index (χ3n) is 1.56. The Morgan fingerprint density at radius 2 is 1.82 bits per heavy atom. The summed E-state index contributed by atoms with van der Waals surface area (Å²) < 4.78 is 5.06. The molecule has 0 aliphatic rings. The third-order valence-corrected chi connectivity index (χ3v) is 1.56. The highest BCUT2D eigenvalue weighted by atomic mass is 16.4. The van der Waals surface area contributed by atoms with Crippen LogP contribution in [0.25, 0.3) is 0 Å². The number of nitrogens with zero attached hydrogens (tertiary/aromatic N) is 1. The lowest BCUT2D eigenvalue weighted by molar-refractivity contribution is -0.114. The molecule has 0 fully saturated rings. The first-order valence-corrected chi connectivity index (χ1v) is 5.86. The number of anilines is 1. The summed E-state index contributed by atoms with van der Waals surface area (Å²) in [5.41, 5.74) is 0.775. The van der Waals surface area contributed by atoms with Crippen molar-refractivity contribution in [3.8, 4) is 0 Å². The minimum absolute atomic E-state index is 0.0553. The lowest BCUT2D eigenvalue weighted by atomic mass is 9.93. The summed E-state index contributed by atoms with van der Waals surface area (Å²) in [5, 5.41) is 2.48. The maximum absolute atomic E-state index is 10.7. The zero-order chi connectivity index (χ0) is 13.6. The molecular formula is C13H24N2O2. The van der Waals surface area contributed by atoms with Gasteiger partial charge in [0.15, 0.2) is 0 Å². The van der Waals surface area contributed by atoms with E-state index in [0.29, 0.717) is 0 Å². The number of oxazole rings is 1. The van der Waals surface area contributed by atoms with E-state index in [-0.39, 0.29) is 17.3 Å². The van der Waals surface area contributed by atoms with Crippen molar-refractivity contribution in [3.63, 3.8) is 0 Å². The molecule has 1 N–H and O–H groups in total. The average Bonchev–Trinajstić information content (AvgIpc) is 2.48. The minimum atomic E-state index is -0.178. The van der Waals surface area contributed by atoms with Crippen molar-refractivity contribution in [2.45, 2.75) is 53.9 Å². The summed E-state index contributed by atoms with van der Waals surface area (Å²) in [6.07, 6.45) is 1.56. The molecule has 0 aliphatic heterocycles. The van der Waals surface area contributed by atoms with Gasteiger partial charge in [0, 0.05) is 12.3 Å². The normalized spacial score (nSPS) is 10.8. The lowest BCUT2D eigenvalue weighted by Gasteiger charge is -2.12. The molecule has 0 radical (unpaired) electrons. The topological polar surface area (TPSA) is 55.1 Å². The van der Waals surface area contributed by atoms with E-state index in [9.17, 15) is 4.79 Å². The van der Waals surface area contributed by atoms with Gasteiger partial charge in [-0.15, -0.1) is 0 Å². The molecule has 1 heterocycles. The van der Waals surface area contributed by atoms with Crippen molar-refractivity contribution in [3.05, 3.63) is 12.0 Å². The molecule has 1 amide bonds. The van der Waals surface area contributed by atoms with Crippen molar-refractivity contribution >= 4 is 11.9 Å². The van der Waals surface area contributed by atoms with Crippen LogP contribution in [0.5, 0.6) is 0 Å². The Kier molecular flexibility index (Phi) is 5.93. The monoisotopic (exact) mass is 240 g/mol. The van der Waals surface area contributed by atoms with Gasteiger partial charge in [-0.05, 0) is 5.92 Å². The molecule has 1 rings (SSSR count). The zero-order valence-electron chi connectivity index (χ0n) is 11.9. The van der Waals surface area contributed by atoms with E-state index in [1.54, 1.807) is 6.26 Å². The molecule has 4 nitrogen and oxygen atoms in total. The van der Waals surface area contributed by atoms with Gasteiger partial charge in [0.25, 0.3) is 0 Å². The maximum Gasteiger partial charge on any atom is 0.301 e. The largest absolute Gasteiger partial charge is 0.432 e. The first-order chi connectivity index (χ1) is 7.62. The molecule has 0 saturated heterocycles. The SMILES string of the molecule is CC(=O)Nc1nc(C(C)(C)C)co1.CC(C)C. The van der Waals surface area contributed by atoms with Crippen molar-refractivity contribution in [1.29, 1.82) is 0 Å². The molecule has 1 aromatic heterocycles. The van der Waals surface area contributed by atoms with E-state index in [1.165, 1.54) is 6.92 Å². The van der Waals surface area contributed by atoms with Gasteiger partial charge < -0.3 is 4.42 Å². The number of nitrogens with one attached hydrogen (secondary N) is 1. The molecule has 0 spiro atoms. The number of rotatable bonds is 1. The highest BCUT2D eigenvalue weighted by Gasteiger charge is 2.18. The molecule has 0 bridgehead atoms. The van der Waals surface area contributed by atoms with Crippen LogP contribution in [0.1, 0.15) is 54.2 Å². The van der Waals surface area contributed by atoms with Gasteiger partial charge in [0.05, 0.1) is 5.69 Å². The first-order valence-electron chi connectivity index (χ1n) is 5.86. The molecule has 0 aromatic carbocycles. The summed E-state index contributed by atoms with van der Waals surface area (Å²) in [6.45, 7) is 14.0. The van der Waals surface area contributed by atoms with Crippen LogP contribution in [0.3, 0.4) is 0 Å². The van der Waals surface area contributed by atoms with Crippen LogP contribution in [-0.4, -0.2) is 10.9 Å². The van der Waals surface area contributed by atoms with Crippen LogP contribution < -0.4 is 5.32 Å². The van der Waals surface area contributed by atoms with Crippen LogP contribution in [0, 0.1) is 5.92 Å². The molecule has 0 atom stereocenters. The van der Waals surface area contributed by atoms with E-state index in [4.69, 9.17) is 4.42 Å². The number of amides is 1. The second-order valence-electron chi connectivity index (χ2n) is 5.70. The molecule has 0 unspecified atom stereocenters. The van der Waals surface area contributed by atoms with Crippen LogP contribution in [0.15, 0.2) is 10.7 Å². The summed E-state index contributed by atoms with van der Waals surface area (Å²) in [6, 6.07) is 0.262. The second-order valence-corrected chi connectivity index (χ2v) is 5.70. The number of carbonyl (C=O) groups excluding carboxylic acids is 1. The van der Waals surface area contributed by atoms with Crippen LogP contribution in [-0.2, 0) is 10.2 Å². The van der Waals surface area contributed by atoms with Gasteiger partial charge in [0.1, 0.15) is 6.26 Å². The summed E-state index contributed by atoms with van der Waals surface area (Å²) in [5.74, 6) is 0.655. The van der Waals surface area contributed by atoms with E-state index in [0.717, 1.165) is 11.6 Å². The van der Waals surface area contributed by atoms with Crippen molar-refractivity contribution < 1.29 is 9.21 Å². The van der Waals surface area contributed by atoms with Gasteiger partial charge in [0.2, 0.25) is 5.91 Å². The van der Waals surface area contributed by atoms with Crippen LogP contribution in [0.2, 0.25) is 0 Å². The van der Waals surface area contributed by atoms with E-state index in [2.05, 4.69) is 31.1 Å². The van der Waals surface area contributed by atoms with Crippen molar-refractivity contribution in [1.82, 2.24) is 4.98 Å². The van der Waals surface area contributed by atoms with Crippen molar-refractivity contribution in [2.24, 2.45) is 5.92 Å². The Labute approximate surface area is 104 Å². The van der Waals surface area contributed by atoms with Gasteiger partial charge >= 0.3 is 6.01 Å². The highest BCUT2D eigenvalue weighted by Crippen LogP contribution is 2.22. The molecular weight excluding hydrogens is 216 g/mol. The number of hydrogen-bond donors (Lipinski definition) is 1. The fraction of sp³-hybridized carbons (Fsp3) is 0.692. The Morgan fingerprint density at radius 3 is 2.12 bits per heavy atom. The van der Waals surface area contributed by atoms with Gasteiger partial charge in [-0.25, -0.2) is 0 Å². The smallest absolute Gasteiger partial charge is 0.301 e. The van der Waals surface area contributed by atoms with Crippen molar-refractivity contribution in [2.75, 3.05) is 5.32 Å². The lowest BCUT2D eigenvalue weighted by Crippen LogP contribution is -2.12. The molecule has 0 aliphatic carbocycles. The molecule has 4 heteroatoms. The summed E-state index contributed by atoms with van der Waals surface area (Å²) >= 11 is 0. The average molecular weight is 240 g/mol. The third kappa shape index (κ3) is 7.55. The van der Waals surface area contributed by atoms with E-state index < -0.39 is 0 Å².